The van der Waals surface area contributed by atoms with Gasteiger partial charge in [-0.2, -0.15) is 0 Å². The van der Waals surface area contributed by atoms with Gasteiger partial charge in [-0.3, -0.25) is 4.90 Å². The molecule has 174 valence electrons. The molecule has 0 aromatic heterocycles. The molecule has 1 heterocycles. The summed E-state index contributed by atoms with van der Waals surface area (Å²) in [5.74, 6) is 2.43. The summed E-state index contributed by atoms with van der Waals surface area (Å²) in [7, 11) is 1.72. The zero-order chi connectivity index (χ0) is 22.9. The van der Waals surface area contributed by atoms with E-state index in [1.165, 1.54) is 11.1 Å². The van der Waals surface area contributed by atoms with Crippen LogP contribution in [0, 0.1) is 0 Å². The molecule has 0 amide bonds. The molecule has 0 radical (unpaired) electrons. The molecule has 1 N–H and O–H groups in total. The minimum Gasteiger partial charge on any atom is -0.497 e. The molecular formula is C28H34N2O3. The first-order valence-electron chi connectivity index (χ1n) is 11.8. The van der Waals surface area contributed by atoms with Crippen LogP contribution >= 0.6 is 0 Å². The van der Waals surface area contributed by atoms with Crippen LogP contribution in [0.3, 0.4) is 0 Å². The molecule has 0 aliphatic carbocycles. The first kappa shape index (κ1) is 23.1. The lowest BCUT2D eigenvalue weighted by Crippen LogP contribution is -2.33. The van der Waals surface area contributed by atoms with Crippen LogP contribution in [0.5, 0.6) is 17.2 Å². The SMILES string of the molecule is CCOc1cc(C(c2cccc(OC)c2)N2CCCNCC2)ccc1OCc1ccccc1. The fourth-order valence-electron chi connectivity index (χ4n) is 4.37. The lowest BCUT2D eigenvalue weighted by atomic mass is 9.96. The van der Waals surface area contributed by atoms with Gasteiger partial charge in [0.05, 0.1) is 19.8 Å². The molecule has 0 bridgehead atoms. The molecule has 1 atom stereocenters. The minimum atomic E-state index is 0.113. The van der Waals surface area contributed by atoms with Crippen LogP contribution in [-0.4, -0.2) is 44.8 Å². The molecule has 1 aliphatic heterocycles. The Labute approximate surface area is 197 Å². The van der Waals surface area contributed by atoms with Crippen molar-refractivity contribution in [3.8, 4) is 17.2 Å². The highest BCUT2D eigenvalue weighted by molar-refractivity contribution is 5.47. The van der Waals surface area contributed by atoms with Gasteiger partial charge in [-0.1, -0.05) is 48.5 Å². The molecule has 1 saturated heterocycles. The normalized spacial score (nSPS) is 15.5. The number of nitrogens with zero attached hydrogens (tertiary/aromatic N) is 1. The van der Waals surface area contributed by atoms with Crippen molar-refractivity contribution in [3.05, 3.63) is 89.5 Å². The average molecular weight is 447 g/mol. The summed E-state index contributed by atoms with van der Waals surface area (Å²) < 4.78 is 17.7. The minimum absolute atomic E-state index is 0.113. The van der Waals surface area contributed by atoms with E-state index in [0.29, 0.717) is 13.2 Å². The first-order chi connectivity index (χ1) is 16.3. The van der Waals surface area contributed by atoms with Crippen molar-refractivity contribution < 1.29 is 14.2 Å². The maximum absolute atomic E-state index is 6.15. The number of benzene rings is 3. The van der Waals surface area contributed by atoms with Crippen LogP contribution in [0.1, 0.15) is 36.1 Å². The van der Waals surface area contributed by atoms with Gasteiger partial charge < -0.3 is 19.5 Å². The third-order valence-electron chi connectivity index (χ3n) is 5.97. The van der Waals surface area contributed by atoms with E-state index in [1.807, 2.05) is 37.3 Å². The second kappa shape index (κ2) is 11.7. The van der Waals surface area contributed by atoms with Gasteiger partial charge in [0.25, 0.3) is 0 Å². The van der Waals surface area contributed by atoms with E-state index in [-0.39, 0.29) is 6.04 Å². The van der Waals surface area contributed by atoms with Gasteiger partial charge in [0, 0.05) is 19.6 Å². The van der Waals surface area contributed by atoms with Gasteiger partial charge >= 0.3 is 0 Å². The highest BCUT2D eigenvalue weighted by Crippen LogP contribution is 2.37. The van der Waals surface area contributed by atoms with Gasteiger partial charge in [0.2, 0.25) is 0 Å². The second-order valence-corrected chi connectivity index (χ2v) is 8.23. The monoisotopic (exact) mass is 446 g/mol. The van der Waals surface area contributed by atoms with Crippen LogP contribution in [0.15, 0.2) is 72.8 Å². The largest absolute Gasteiger partial charge is 0.497 e. The van der Waals surface area contributed by atoms with E-state index in [1.54, 1.807) is 7.11 Å². The maximum Gasteiger partial charge on any atom is 0.161 e. The number of hydrogen-bond donors (Lipinski definition) is 1. The van der Waals surface area contributed by atoms with E-state index in [0.717, 1.165) is 55.4 Å². The van der Waals surface area contributed by atoms with Gasteiger partial charge in [-0.25, -0.2) is 0 Å². The Balaban J connectivity index is 1.67. The van der Waals surface area contributed by atoms with Crippen LogP contribution in [0.2, 0.25) is 0 Å². The fourth-order valence-corrected chi connectivity index (χ4v) is 4.37. The van der Waals surface area contributed by atoms with Crippen molar-refractivity contribution in [2.45, 2.75) is 26.0 Å². The number of hydrogen-bond acceptors (Lipinski definition) is 5. The van der Waals surface area contributed by atoms with Gasteiger partial charge in [0.15, 0.2) is 11.5 Å². The molecule has 33 heavy (non-hydrogen) atoms. The zero-order valence-electron chi connectivity index (χ0n) is 19.6. The van der Waals surface area contributed by atoms with Gasteiger partial charge in [-0.15, -0.1) is 0 Å². The van der Waals surface area contributed by atoms with Crippen molar-refractivity contribution in [3.63, 3.8) is 0 Å². The van der Waals surface area contributed by atoms with E-state index in [4.69, 9.17) is 14.2 Å². The lowest BCUT2D eigenvalue weighted by Gasteiger charge is -2.32. The molecule has 1 aliphatic rings. The van der Waals surface area contributed by atoms with Crippen molar-refractivity contribution in [2.75, 3.05) is 39.9 Å². The van der Waals surface area contributed by atoms with Crippen LogP contribution in [-0.2, 0) is 6.61 Å². The highest BCUT2D eigenvalue weighted by atomic mass is 16.5. The van der Waals surface area contributed by atoms with Crippen molar-refractivity contribution in [2.24, 2.45) is 0 Å². The van der Waals surface area contributed by atoms with Gasteiger partial charge in [0.1, 0.15) is 12.4 Å². The lowest BCUT2D eigenvalue weighted by molar-refractivity contribution is 0.238. The molecule has 5 heteroatoms. The topological polar surface area (TPSA) is 43.0 Å². The fraction of sp³-hybridized carbons (Fsp3) is 0.357. The van der Waals surface area contributed by atoms with E-state index in [2.05, 4.69) is 52.7 Å². The van der Waals surface area contributed by atoms with E-state index >= 15 is 0 Å². The number of rotatable bonds is 9. The predicted octanol–water partition coefficient (Wildman–Crippen LogP) is 5.06. The molecule has 3 aromatic rings. The summed E-state index contributed by atoms with van der Waals surface area (Å²) >= 11 is 0. The average Bonchev–Trinajstić information content (AvgIpc) is 3.14. The smallest absolute Gasteiger partial charge is 0.161 e. The summed E-state index contributed by atoms with van der Waals surface area (Å²) in [6.45, 7) is 7.16. The van der Waals surface area contributed by atoms with Crippen molar-refractivity contribution >= 4 is 0 Å². The highest BCUT2D eigenvalue weighted by Gasteiger charge is 2.25. The van der Waals surface area contributed by atoms with Gasteiger partial charge in [-0.05, 0) is 60.8 Å². The summed E-state index contributed by atoms with van der Waals surface area (Å²) in [6, 6.07) is 25.1. The molecule has 0 saturated carbocycles. The summed E-state index contributed by atoms with van der Waals surface area (Å²) in [5.41, 5.74) is 3.55. The molecule has 3 aromatic carbocycles. The Morgan fingerprint density at radius 3 is 2.52 bits per heavy atom. The predicted molar refractivity (Wildman–Crippen MR) is 132 cm³/mol. The number of methoxy groups -OCH3 is 1. The Morgan fingerprint density at radius 1 is 0.848 bits per heavy atom. The Bertz CT molecular complexity index is 1000. The zero-order valence-corrected chi connectivity index (χ0v) is 19.6. The Kier molecular flexibility index (Phi) is 8.23. The molecule has 0 spiro atoms. The maximum atomic E-state index is 6.15. The molecular weight excluding hydrogens is 412 g/mol. The molecule has 1 unspecified atom stereocenters. The first-order valence-corrected chi connectivity index (χ1v) is 11.8. The Morgan fingerprint density at radius 2 is 1.70 bits per heavy atom. The number of nitrogens with one attached hydrogen (secondary N) is 1. The standard InChI is InChI=1S/C28H34N2O3/c1-3-32-27-20-24(13-14-26(27)33-21-22-9-5-4-6-10-22)28(30-17-8-15-29-16-18-30)23-11-7-12-25(19-23)31-2/h4-7,9-14,19-20,28-29H,3,8,15-18,21H2,1-2H3. The summed E-state index contributed by atoms with van der Waals surface area (Å²) in [4.78, 5) is 2.55. The molecule has 1 fully saturated rings. The van der Waals surface area contributed by atoms with E-state index < -0.39 is 0 Å². The second-order valence-electron chi connectivity index (χ2n) is 8.23. The third-order valence-corrected chi connectivity index (χ3v) is 5.97. The van der Waals surface area contributed by atoms with Crippen molar-refractivity contribution in [1.82, 2.24) is 10.2 Å². The van der Waals surface area contributed by atoms with Crippen molar-refractivity contribution in [1.29, 1.82) is 0 Å². The van der Waals surface area contributed by atoms with Crippen LogP contribution in [0.25, 0.3) is 0 Å². The third kappa shape index (κ3) is 6.06. The Hall–Kier alpha value is -3.02. The van der Waals surface area contributed by atoms with E-state index in [9.17, 15) is 0 Å². The summed E-state index contributed by atoms with van der Waals surface area (Å²) in [6.07, 6.45) is 1.12. The quantitative estimate of drug-likeness (QED) is 0.498. The number of ether oxygens (including phenoxy) is 3. The molecule has 5 nitrogen and oxygen atoms in total. The summed E-state index contributed by atoms with van der Waals surface area (Å²) in [5, 5.41) is 3.52. The van der Waals surface area contributed by atoms with Crippen LogP contribution < -0.4 is 19.5 Å². The molecule has 4 rings (SSSR count). The van der Waals surface area contributed by atoms with Crippen LogP contribution in [0.4, 0.5) is 0 Å².